The molecular weight excluding hydrogens is 354 g/mol. The van der Waals surface area contributed by atoms with Gasteiger partial charge >= 0.3 is 0 Å². The number of ether oxygens (including phenoxy) is 1. The molecule has 3 fully saturated rings. The number of fused-ring (bicyclic) bond motifs is 5. The van der Waals surface area contributed by atoms with Crippen LogP contribution in [0.3, 0.4) is 0 Å². The molecule has 5 rings (SSSR count). The Balaban J connectivity index is 1.65. The number of rotatable bonds is 3. The van der Waals surface area contributed by atoms with Gasteiger partial charge in [-0.15, -0.1) is 0 Å². The molecule has 0 saturated carbocycles. The van der Waals surface area contributed by atoms with Gasteiger partial charge in [0.25, 0.3) is 5.91 Å². The number of piperidine rings is 1. The first kappa shape index (κ1) is 17.7. The number of nitrogens with zero attached hydrogens (tertiary/aromatic N) is 3. The van der Waals surface area contributed by atoms with Gasteiger partial charge in [-0.2, -0.15) is 4.31 Å². The van der Waals surface area contributed by atoms with Crippen LogP contribution in [0.1, 0.15) is 40.9 Å². The van der Waals surface area contributed by atoms with Gasteiger partial charge in [-0.05, 0) is 49.7 Å². The molecule has 1 amide bonds. The summed E-state index contributed by atoms with van der Waals surface area (Å²) in [4.78, 5) is 19.7. The predicted octanol–water partition coefficient (Wildman–Crippen LogP) is 1.07. The second kappa shape index (κ2) is 6.49. The normalized spacial score (nSPS) is 25.8. The first-order valence-corrected chi connectivity index (χ1v) is 11.0. The van der Waals surface area contributed by atoms with Crippen LogP contribution in [-0.4, -0.2) is 67.6 Å². The van der Waals surface area contributed by atoms with E-state index in [-0.39, 0.29) is 17.9 Å². The third kappa shape index (κ3) is 3.09. The molecule has 0 aromatic carbocycles. The maximum Gasteiger partial charge on any atom is 0.259 e. The summed E-state index contributed by atoms with van der Waals surface area (Å²) < 4.78 is 31.0. The van der Waals surface area contributed by atoms with Crippen molar-refractivity contribution >= 4 is 15.9 Å². The predicted molar refractivity (Wildman–Crippen MR) is 96.8 cm³/mol. The Labute approximate surface area is 154 Å². The maximum absolute atomic E-state index is 13.3. The molecule has 2 atom stereocenters. The van der Waals surface area contributed by atoms with E-state index in [1.54, 1.807) is 7.11 Å². The zero-order valence-corrected chi connectivity index (χ0v) is 16.1. The van der Waals surface area contributed by atoms with Crippen molar-refractivity contribution in [2.45, 2.75) is 38.1 Å². The van der Waals surface area contributed by atoms with E-state index >= 15 is 0 Å². The number of amides is 1. The van der Waals surface area contributed by atoms with Gasteiger partial charge in [-0.1, -0.05) is 0 Å². The van der Waals surface area contributed by atoms with Crippen molar-refractivity contribution in [3.8, 4) is 5.88 Å². The van der Waals surface area contributed by atoms with Crippen LogP contribution < -0.4 is 4.74 Å². The van der Waals surface area contributed by atoms with Crippen molar-refractivity contribution in [1.82, 2.24) is 14.2 Å². The molecule has 0 unspecified atom stereocenters. The van der Waals surface area contributed by atoms with Crippen LogP contribution in [-0.2, 0) is 22.9 Å². The van der Waals surface area contributed by atoms with Crippen LogP contribution in [0, 0.1) is 5.92 Å². The summed E-state index contributed by atoms with van der Waals surface area (Å²) in [6, 6.07) is 1.84. The van der Waals surface area contributed by atoms with E-state index in [0.29, 0.717) is 31.1 Å². The van der Waals surface area contributed by atoms with E-state index in [9.17, 15) is 13.2 Å². The lowest BCUT2D eigenvalue weighted by molar-refractivity contribution is 0.0584. The van der Waals surface area contributed by atoms with Crippen LogP contribution >= 0.6 is 0 Å². The van der Waals surface area contributed by atoms with Gasteiger partial charge in [-0.25, -0.2) is 13.4 Å². The zero-order chi connectivity index (χ0) is 18.5. The van der Waals surface area contributed by atoms with Crippen molar-refractivity contribution in [2.24, 2.45) is 5.92 Å². The van der Waals surface area contributed by atoms with Crippen LogP contribution in [0.15, 0.2) is 6.07 Å². The van der Waals surface area contributed by atoms with Crippen LogP contribution in [0.4, 0.5) is 0 Å². The molecule has 1 aromatic rings. The second-order valence-electron chi connectivity index (χ2n) is 7.64. The molecule has 0 radical (unpaired) electrons. The third-order valence-electron chi connectivity index (χ3n) is 5.85. The van der Waals surface area contributed by atoms with Gasteiger partial charge < -0.3 is 9.64 Å². The fourth-order valence-electron chi connectivity index (χ4n) is 4.48. The minimum Gasteiger partial charge on any atom is -0.480 e. The van der Waals surface area contributed by atoms with Gasteiger partial charge in [0.1, 0.15) is 5.56 Å². The Kier molecular flexibility index (Phi) is 4.43. The van der Waals surface area contributed by atoms with Gasteiger partial charge in [-0.3, -0.25) is 4.79 Å². The number of carbonyl (C=O) groups excluding carboxylic acids is 1. The molecule has 4 aliphatic rings. The monoisotopic (exact) mass is 379 g/mol. The van der Waals surface area contributed by atoms with Crippen LogP contribution in [0.5, 0.6) is 5.88 Å². The van der Waals surface area contributed by atoms with Crippen molar-refractivity contribution in [3.63, 3.8) is 0 Å². The van der Waals surface area contributed by atoms with Gasteiger partial charge in [0.15, 0.2) is 0 Å². The molecule has 0 N–H and O–H groups in total. The summed E-state index contributed by atoms with van der Waals surface area (Å²) in [5.74, 6) is 0.477. The SMILES string of the molecule is COc1nc2c(cc1C(=O)N1C[C@H]3CC[C@@H]1CN(S(C)(=O)=O)C3)CCC2. The van der Waals surface area contributed by atoms with Crippen molar-refractivity contribution in [3.05, 3.63) is 22.9 Å². The lowest BCUT2D eigenvalue weighted by atomic mass is 9.94. The number of sulfonamides is 1. The minimum atomic E-state index is -3.25. The summed E-state index contributed by atoms with van der Waals surface area (Å²) >= 11 is 0. The molecule has 8 heteroatoms. The smallest absolute Gasteiger partial charge is 0.259 e. The number of methoxy groups -OCH3 is 1. The molecule has 26 heavy (non-hydrogen) atoms. The summed E-state index contributed by atoms with van der Waals surface area (Å²) in [6.45, 7) is 1.47. The lowest BCUT2D eigenvalue weighted by Gasteiger charge is -2.36. The van der Waals surface area contributed by atoms with E-state index in [0.717, 1.165) is 43.4 Å². The Hall–Kier alpha value is -1.67. The number of hydrogen-bond acceptors (Lipinski definition) is 5. The van der Waals surface area contributed by atoms with E-state index in [1.165, 1.54) is 10.6 Å². The first-order chi connectivity index (χ1) is 12.4. The molecule has 1 aromatic heterocycles. The standard InChI is InChI=1S/C18H25N3O4S/c1-25-17-15(8-13-4-3-5-16(13)19-17)18(22)21-10-12-6-7-14(21)11-20(9-12)26(2,23)24/h8,12,14H,3-7,9-11H2,1-2H3/t12-,14+/m0/s1. The molecule has 4 heterocycles. The largest absolute Gasteiger partial charge is 0.480 e. The van der Waals surface area contributed by atoms with Gasteiger partial charge in [0.05, 0.1) is 13.4 Å². The van der Waals surface area contributed by atoms with E-state index < -0.39 is 10.0 Å². The van der Waals surface area contributed by atoms with E-state index in [2.05, 4.69) is 4.98 Å². The highest BCUT2D eigenvalue weighted by molar-refractivity contribution is 7.88. The lowest BCUT2D eigenvalue weighted by Crippen LogP contribution is -2.47. The average Bonchev–Trinajstić information content (AvgIpc) is 2.85. The Morgan fingerprint density at radius 1 is 1.23 bits per heavy atom. The second-order valence-corrected chi connectivity index (χ2v) is 9.62. The molecule has 0 spiro atoms. The molecule has 1 aliphatic carbocycles. The molecule has 2 bridgehead atoms. The molecule has 3 saturated heterocycles. The Morgan fingerprint density at radius 2 is 2.04 bits per heavy atom. The fraction of sp³-hybridized carbons (Fsp3) is 0.667. The average molecular weight is 379 g/mol. The van der Waals surface area contributed by atoms with Crippen molar-refractivity contribution < 1.29 is 17.9 Å². The number of pyridine rings is 1. The summed E-state index contributed by atoms with van der Waals surface area (Å²) in [7, 11) is -1.71. The number of hydrogen-bond donors (Lipinski definition) is 0. The number of aryl methyl sites for hydroxylation is 2. The number of carbonyl (C=O) groups is 1. The molecule has 3 aliphatic heterocycles. The van der Waals surface area contributed by atoms with E-state index in [4.69, 9.17) is 4.74 Å². The molecular formula is C18H25N3O4S. The van der Waals surface area contributed by atoms with Crippen molar-refractivity contribution in [2.75, 3.05) is 33.0 Å². The Morgan fingerprint density at radius 3 is 2.77 bits per heavy atom. The minimum absolute atomic E-state index is 0.0888. The van der Waals surface area contributed by atoms with Crippen LogP contribution in [0.2, 0.25) is 0 Å². The summed E-state index contributed by atoms with van der Waals surface area (Å²) in [5, 5.41) is 0. The highest BCUT2D eigenvalue weighted by atomic mass is 32.2. The van der Waals surface area contributed by atoms with Crippen LogP contribution in [0.25, 0.3) is 0 Å². The highest BCUT2D eigenvalue weighted by Gasteiger charge is 2.40. The highest BCUT2D eigenvalue weighted by Crippen LogP contribution is 2.33. The molecule has 142 valence electrons. The van der Waals surface area contributed by atoms with Gasteiger partial charge in [0, 0.05) is 31.4 Å². The molecule has 7 nitrogen and oxygen atoms in total. The maximum atomic E-state index is 13.3. The first-order valence-electron chi connectivity index (χ1n) is 9.19. The topological polar surface area (TPSA) is 79.8 Å². The van der Waals surface area contributed by atoms with Crippen molar-refractivity contribution in [1.29, 1.82) is 0 Å². The third-order valence-corrected chi connectivity index (χ3v) is 7.09. The summed E-state index contributed by atoms with van der Waals surface area (Å²) in [5.41, 5.74) is 2.66. The zero-order valence-electron chi connectivity index (χ0n) is 15.3. The fourth-order valence-corrected chi connectivity index (χ4v) is 5.40. The van der Waals surface area contributed by atoms with Gasteiger partial charge in [0.2, 0.25) is 15.9 Å². The Bertz CT molecular complexity index is 839. The quantitative estimate of drug-likeness (QED) is 0.785. The summed E-state index contributed by atoms with van der Waals surface area (Å²) in [6.07, 6.45) is 5.97. The number of aromatic nitrogens is 1. The van der Waals surface area contributed by atoms with E-state index in [1.807, 2.05) is 11.0 Å².